The molecule has 0 aliphatic rings. The van der Waals surface area contributed by atoms with Crippen LogP contribution in [0.2, 0.25) is 0 Å². The quantitative estimate of drug-likeness (QED) is 0.0478. The van der Waals surface area contributed by atoms with Gasteiger partial charge in [-0.15, -0.1) is 0 Å². The van der Waals surface area contributed by atoms with E-state index in [1.165, 1.54) is 115 Å². The van der Waals surface area contributed by atoms with Gasteiger partial charge in [0.15, 0.2) is 0 Å². The summed E-state index contributed by atoms with van der Waals surface area (Å²) in [5.41, 5.74) is 0. The maximum absolute atomic E-state index is 11.1. The topological polar surface area (TPSA) is 63.6 Å². The summed E-state index contributed by atoms with van der Waals surface area (Å²) in [7, 11) is 0. The summed E-state index contributed by atoms with van der Waals surface area (Å²) in [5, 5.41) is 8.30. The molecular formula is C31H56O4. The second-order valence-corrected chi connectivity index (χ2v) is 9.29. The van der Waals surface area contributed by atoms with Gasteiger partial charge in [0.2, 0.25) is 0 Å². The predicted molar refractivity (Wildman–Crippen MR) is 151 cm³/mol. The van der Waals surface area contributed by atoms with Crippen LogP contribution >= 0.6 is 0 Å². The normalized spacial score (nSPS) is 10.9. The molecule has 0 bridgehead atoms. The third-order valence-corrected chi connectivity index (χ3v) is 5.84. The van der Waals surface area contributed by atoms with Gasteiger partial charge in [-0.1, -0.05) is 122 Å². The van der Waals surface area contributed by atoms with Gasteiger partial charge in [0.25, 0.3) is 0 Å². The predicted octanol–water partition coefficient (Wildman–Crippen LogP) is 10.1. The van der Waals surface area contributed by atoms with Crippen LogP contribution in [0.3, 0.4) is 0 Å². The number of rotatable bonds is 24. The molecule has 0 aromatic heterocycles. The maximum Gasteiger partial charge on any atom is 0.327 e. The van der Waals surface area contributed by atoms with Crippen molar-refractivity contribution < 1.29 is 19.4 Å². The van der Waals surface area contributed by atoms with E-state index in [0.29, 0.717) is 6.42 Å². The van der Waals surface area contributed by atoms with Gasteiger partial charge in [-0.05, 0) is 44.9 Å². The number of carboxylic acid groups (broad SMARTS) is 1. The van der Waals surface area contributed by atoms with E-state index < -0.39 is 5.97 Å². The molecule has 0 aliphatic carbocycles. The third kappa shape index (κ3) is 36.9. The van der Waals surface area contributed by atoms with Crippen molar-refractivity contribution in [2.24, 2.45) is 0 Å². The van der Waals surface area contributed by atoms with Crippen LogP contribution in [0.25, 0.3) is 0 Å². The van der Waals surface area contributed by atoms with E-state index in [2.05, 4.69) is 37.3 Å². The molecule has 0 spiro atoms. The smallest absolute Gasteiger partial charge is 0.327 e. The first-order valence-corrected chi connectivity index (χ1v) is 14.4. The first-order valence-electron chi connectivity index (χ1n) is 14.4. The van der Waals surface area contributed by atoms with Crippen LogP contribution in [0.5, 0.6) is 0 Å². The number of carboxylic acids is 1. The average Bonchev–Trinajstić information content (AvgIpc) is 2.83. The Morgan fingerprint density at radius 3 is 1.46 bits per heavy atom. The molecule has 0 saturated carbocycles. The molecule has 0 saturated heterocycles. The average molecular weight is 493 g/mol. The van der Waals surface area contributed by atoms with Crippen LogP contribution in [0.4, 0.5) is 0 Å². The van der Waals surface area contributed by atoms with Crippen LogP contribution in [0.15, 0.2) is 37.1 Å². The summed E-state index contributed by atoms with van der Waals surface area (Å²) in [4.78, 5) is 21.2. The standard InChI is InChI=1S/C20H36O2.C11H20O2/c1-3-5-6-7-8-9-10-11-12-13-14-15-16-17-18-19-20(21)22-4-2;1-2-3-4-5-6-7-8-9-10-11(12)13/h4,11-12H,2-3,5-10,13-19H2,1H3;9-10H,2-8H2,1H3,(H,12,13)/b12-11-;. The Labute approximate surface area is 217 Å². The van der Waals surface area contributed by atoms with E-state index in [-0.39, 0.29) is 5.97 Å². The zero-order valence-electron chi connectivity index (χ0n) is 23.1. The number of aliphatic carboxylic acids is 1. The lowest BCUT2D eigenvalue weighted by atomic mass is 10.1. The van der Waals surface area contributed by atoms with E-state index in [4.69, 9.17) is 5.11 Å². The van der Waals surface area contributed by atoms with Crippen molar-refractivity contribution in [3.63, 3.8) is 0 Å². The third-order valence-electron chi connectivity index (χ3n) is 5.84. The molecule has 0 aliphatic heterocycles. The van der Waals surface area contributed by atoms with Gasteiger partial charge in [0, 0.05) is 12.5 Å². The zero-order chi connectivity index (χ0) is 26.2. The number of unbranched alkanes of at least 4 members (excludes halogenated alkanes) is 17. The first-order chi connectivity index (χ1) is 17.1. The molecule has 0 aromatic rings. The number of allylic oxidation sites excluding steroid dienone is 3. The lowest BCUT2D eigenvalue weighted by molar-refractivity contribution is -0.138. The van der Waals surface area contributed by atoms with Gasteiger partial charge in [-0.3, -0.25) is 4.79 Å². The Balaban J connectivity index is 0. The van der Waals surface area contributed by atoms with Crippen molar-refractivity contribution in [2.75, 3.05) is 0 Å². The van der Waals surface area contributed by atoms with Gasteiger partial charge >= 0.3 is 11.9 Å². The Bertz CT molecular complexity index is 522. The van der Waals surface area contributed by atoms with Crippen LogP contribution in [-0.4, -0.2) is 17.0 Å². The highest BCUT2D eigenvalue weighted by molar-refractivity contribution is 5.79. The number of hydrogen-bond acceptors (Lipinski definition) is 3. The summed E-state index contributed by atoms with van der Waals surface area (Å²) >= 11 is 0. The monoisotopic (exact) mass is 492 g/mol. The fraction of sp³-hybridized carbons (Fsp3) is 0.742. The molecule has 0 rings (SSSR count). The molecule has 0 amide bonds. The SMILES string of the molecule is C=COC(=O)CCCCCCC/C=C\CCCCCCCC.CCCCCCCCC=CC(=O)O. The molecule has 0 radical (unpaired) electrons. The van der Waals surface area contributed by atoms with E-state index in [1.54, 1.807) is 6.08 Å². The van der Waals surface area contributed by atoms with Crippen molar-refractivity contribution in [1.82, 2.24) is 0 Å². The largest absolute Gasteiger partial charge is 0.478 e. The van der Waals surface area contributed by atoms with Gasteiger partial charge in [-0.25, -0.2) is 4.79 Å². The van der Waals surface area contributed by atoms with Crippen molar-refractivity contribution >= 4 is 11.9 Å². The molecule has 1 N–H and O–H groups in total. The summed E-state index contributed by atoms with van der Waals surface area (Å²) in [6.45, 7) is 7.84. The lowest BCUT2D eigenvalue weighted by Crippen LogP contribution is -1.98. The lowest BCUT2D eigenvalue weighted by Gasteiger charge is -2.00. The maximum atomic E-state index is 11.1. The Morgan fingerprint density at radius 1 is 0.629 bits per heavy atom. The highest BCUT2D eigenvalue weighted by Crippen LogP contribution is 2.10. The fourth-order valence-electron chi connectivity index (χ4n) is 3.72. The molecule has 0 unspecified atom stereocenters. The van der Waals surface area contributed by atoms with Crippen molar-refractivity contribution in [1.29, 1.82) is 0 Å². The van der Waals surface area contributed by atoms with E-state index in [9.17, 15) is 9.59 Å². The Morgan fingerprint density at radius 2 is 1.03 bits per heavy atom. The van der Waals surface area contributed by atoms with Gasteiger partial charge in [-0.2, -0.15) is 0 Å². The second-order valence-electron chi connectivity index (χ2n) is 9.29. The van der Waals surface area contributed by atoms with Crippen molar-refractivity contribution in [3.05, 3.63) is 37.1 Å². The zero-order valence-corrected chi connectivity index (χ0v) is 23.1. The van der Waals surface area contributed by atoms with E-state index in [1.807, 2.05) is 0 Å². The molecular weight excluding hydrogens is 436 g/mol. The van der Waals surface area contributed by atoms with Crippen LogP contribution in [-0.2, 0) is 14.3 Å². The number of carbonyl (C=O) groups is 2. The summed E-state index contributed by atoms with van der Waals surface area (Å²) in [6, 6.07) is 0. The van der Waals surface area contributed by atoms with Crippen LogP contribution in [0.1, 0.15) is 149 Å². The number of carbonyl (C=O) groups excluding carboxylic acids is 1. The molecule has 0 fully saturated rings. The first kappa shape index (κ1) is 35.3. The highest BCUT2D eigenvalue weighted by Gasteiger charge is 1.99. The number of hydrogen-bond donors (Lipinski definition) is 1. The minimum Gasteiger partial charge on any atom is -0.478 e. The molecule has 4 nitrogen and oxygen atoms in total. The van der Waals surface area contributed by atoms with E-state index in [0.717, 1.165) is 25.7 Å². The Kier molecular flexibility index (Phi) is 32.5. The summed E-state index contributed by atoms with van der Waals surface area (Å²) < 4.78 is 4.68. The van der Waals surface area contributed by atoms with Crippen LogP contribution < -0.4 is 0 Å². The van der Waals surface area contributed by atoms with Crippen molar-refractivity contribution in [3.8, 4) is 0 Å². The minimum absolute atomic E-state index is 0.160. The summed E-state index contributed by atoms with van der Waals surface area (Å²) in [6.07, 6.45) is 34.4. The molecule has 0 heterocycles. The van der Waals surface area contributed by atoms with Gasteiger partial charge in [0.1, 0.15) is 0 Å². The highest BCUT2D eigenvalue weighted by atomic mass is 16.5. The molecule has 35 heavy (non-hydrogen) atoms. The summed E-state index contributed by atoms with van der Waals surface area (Å²) in [5.74, 6) is -1.00. The molecule has 4 heteroatoms. The van der Waals surface area contributed by atoms with E-state index >= 15 is 0 Å². The molecule has 0 aromatic carbocycles. The second kappa shape index (κ2) is 32.2. The van der Waals surface area contributed by atoms with Gasteiger partial charge < -0.3 is 9.84 Å². The minimum atomic E-state index is -0.842. The number of ether oxygens (including phenoxy) is 1. The van der Waals surface area contributed by atoms with Crippen molar-refractivity contribution in [2.45, 2.75) is 149 Å². The van der Waals surface area contributed by atoms with Gasteiger partial charge in [0.05, 0.1) is 6.26 Å². The Hall–Kier alpha value is -1.84. The van der Waals surface area contributed by atoms with Crippen LogP contribution in [0, 0.1) is 0 Å². The molecule has 0 atom stereocenters. The number of esters is 1. The fourth-order valence-corrected chi connectivity index (χ4v) is 3.72. The molecule has 204 valence electrons.